The average molecular weight is 210 g/mol. The zero-order valence-electron chi connectivity index (χ0n) is 9.32. The first-order valence-corrected chi connectivity index (χ1v) is 5.13. The van der Waals surface area contributed by atoms with Crippen LogP contribution in [0.15, 0.2) is 18.2 Å². The second kappa shape index (κ2) is 6.30. The van der Waals surface area contributed by atoms with Crippen molar-refractivity contribution in [2.45, 2.75) is 19.3 Å². The lowest BCUT2D eigenvalue weighted by Crippen LogP contribution is -1.95. The van der Waals surface area contributed by atoms with Gasteiger partial charge in [-0.15, -0.1) is 0 Å². The van der Waals surface area contributed by atoms with Crippen molar-refractivity contribution in [3.05, 3.63) is 23.8 Å². The number of methoxy groups -OCH3 is 2. The summed E-state index contributed by atoms with van der Waals surface area (Å²) < 4.78 is 10.4. The molecule has 0 spiro atoms. The lowest BCUT2D eigenvalue weighted by Gasteiger charge is -2.09. The Morgan fingerprint density at radius 3 is 2.53 bits per heavy atom. The van der Waals surface area contributed by atoms with Crippen LogP contribution in [0.25, 0.3) is 0 Å². The van der Waals surface area contributed by atoms with Gasteiger partial charge in [-0.05, 0) is 43.0 Å². The van der Waals surface area contributed by atoms with Gasteiger partial charge in [0.1, 0.15) is 11.5 Å². The topological polar surface area (TPSA) is 38.7 Å². The third kappa shape index (κ3) is 3.44. The Balaban J connectivity index is 2.72. The van der Waals surface area contributed by atoms with Gasteiger partial charge in [0.2, 0.25) is 0 Å². The highest BCUT2D eigenvalue weighted by atomic mass is 16.5. The molecule has 1 rings (SSSR count). The first kappa shape index (κ1) is 11.9. The van der Waals surface area contributed by atoms with Crippen LogP contribution in [0.5, 0.6) is 11.5 Å². The van der Waals surface area contributed by atoms with Crippen molar-refractivity contribution in [2.75, 3.05) is 20.8 Å². The van der Waals surface area contributed by atoms with Crippen LogP contribution in [0.1, 0.15) is 18.4 Å². The molecule has 0 aliphatic carbocycles. The van der Waals surface area contributed by atoms with Crippen molar-refractivity contribution in [3.8, 4) is 11.5 Å². The average Bonchev–Trinajstić information content (AvgIpc) is 2.29. The molecular formula is C12H18O3. The lowest BCUT2D eigenvalue weighted by molar-refractivity contribution is 0.284. The molecule has 0 aliphatic heterocycles. The Morgan fingerprint density at radius 1 is 1.13 bits per heavy atom. The van der Waals surface area contributed by atoms with E-state index in [0.29, 0.717) is 0 Å². The Kier molecular flexibility index (Phi) is 4.98. The molecule has 0 fully saturated rings. The summed E-state index contributed by atoms with van der Waals surface area (Å²) in [4.78, 5) is 0. The molecule has 0 bridgehead atoms. The number of hydrogen-bond acceptors (Lipinski definition) is 3. The first-order chi connectivity index (χ1) is 7.31. The number of benzene rings is 1. The molecule has 3 heteroatoms. The van der Waals surface area contributed by atoms with Crippen LogP contribution in [0, 0.1) is 0 Å². The van der Waals surface area contributed by atoms with E-state index in [4.69, 9.17) is 14.6 Å². The van der Waals surface area contributed by atoms with Crippen LogP contribution in [0.2, 0.25) is 0 Å². The van der Waals surface area contributed by atoms with Crippen molar-refractivity contribution < 1.29 is 14.6 Å². The monoisotopic (exact) mass is 210 g/mol. The van der Waals surface area contributed by atoms with Crippen LogP contribution in [-0.4, -0.2) is 25.9 Å². The maximum Gasteiger partial charge on any atom is 0.122 e. The minimum Gasteiger partial charge on any atom is -0.497 e. The van der Waals surface area contributed by atoms with E-state index in [9.17, 15) is 0 Å². The molecule has 0 heterocycles. The number of aliphatic hydroxyl groups excluding tert-OH is 1. The molecule has 0 radical (unpaired) electrons. The number of hydrogen-bond donors (Lipinski definition) is 1. The fraction of sp³-hybridized carbons (Fsp3) is 0.500. The van der Waals surface area contributed by atoms with Gasteiger partial charge in [0.05, 0.1) is 14.2 Å². The van der Waals surface area contributed by atoms with Gasteiger partial charge < -0.3 is 14.6 Å². The normalized spacial score (nSPS) is 10.1. The fourth-order valence-corrected chi connectivity index (χ4v) is 1.50. The highest BCUT2D eigenvalue weighted by Crippen LogP contribution is 2.25. The third-order valence-electron chi connectivity index (χ3n) is 2.34. The van der Waals surface area contributed by atoms with Gasteiger partial charge in [-0.2, -0.15) is 0 Å². The van der Waals surface area contributed by atoms with E-state index in [-0.39, 0.29) is 6.61 Å². The van der Waals surface area contributed by atoms with Gasteiger partial charge in [-0.25, -0.2) is 0 Å². The van der Waals surface area contributed by atoms with Crippen molar-refractivity contribution in [3.63, 3.8) is 0 Å². The Hall–Kier alpha value is -1.22. The van der Waals surface area contributed by atoms with Gasteiger partial charge in [0, 0.05) is 6.61 Å². The minimum atomic E-state index is 0.242. The van der Waals surface area contributed by atoms with E-state index < -0.39 is 0 Å². The second-order valence-electron chi connectivity index (χ2n) is 3.36. The maximum atomic E-state index is 8.72. The lowest BCUT2D eigenvalue weighted by atomic mass is 10.1. The number of rotatable bonds is 6. The molecule has 0 atom stereocenters. The van der Waals surface area contributed by atoms with Crippen molar-refractivity contribution >= 4 is 0 Å². The van der Waals surface area contributed by atoms with Crippen LogP contribution in [-0.2, 0) is 6.42 Å². The molecule has 1 aromatic rings. The SMILES string of the molecule is COc1ccc(OC)c(CCCCO)c1. The summed E-state index contributed by atoms with van der Waals surface area (Å²) in [6.45, 7) is 0.242. The summed E-state index contributed by atoms with van der Waals surface area (Å²) in [5.41, 5.74) is 1.13. The summed E-state index contributed by atoms with van der Waals surface area (Å²) in [5.74, 6) is 1.73. The summed E-state index contributed by atoms with van der Waals surface area (Å²) in [5, 5.41) is 8.72. The number of aryl methyl sites for hydroxylation is 1. The number of aliphatic hydroxyl groups is 1. The highest BCUT2D eigenvalue weighted by Gasteiger charge is 2.04. The molecule has 0 unspecified atom stereocenters. The number of unbranched alkanes of at least 4 members (excludes halogenated alkanes) is 1. The van der Waals surface area contributed by atoms with E-state index in [1.54, 1.807) is 14.2 Å². The maximum absolute atomic E-state index is 8.72. The Bertz CT molecular complexity index is 297. The molecule has 0 aromatic heterocycles. The molecule has 0 aliphatic rings. The van der Waals surface area contributed by atoms with Crippen molar-refractivity contribution in [1.82, 2.24) is 0 Å². The smallest absolute Gasteiger partial charge is 0.122 e. The van der Waals surface area contributed by atoms with E-state index in [1.807, 2.05) is 18.2 Å². The Morgan fingerprint density at radius 2 is 1.93 bits per heavy atom. The minimum absolute atomic E-state index is 0.242. The van der Waals surface area contributed by atoms with Crippen LogP contribution < -0.4 is 9.47 Å². The van der Waals surface area contributed by atoms with E-state index >= 15 is 0 Å². The predicted octanol–water partition coefficient (Wildman–Crippen LogP) is 2.02. The largest absolute Gasteiger partial charge is 0.497 e. The highest BCUT2D eigenvalue weighted by molar-refractivity contribution is 5.40. The second-order valence-corrected chi connectivity index (χ2v) is 3.36. The van der Waals surface area contributed by atoms with E-state index in [2.05, 4.69) is 0 Å². The zero-order valence-corrected chi connectivity index (χ0v) is 9.32. The van der Waals surface area contributed by atoms with E-state index in [0.717, 1.165) is 36.3 Å². The summed E-state index contributed by atoms with van der Waals surface area (Å²) in [6.07, 6.45) is 2.68. The third-order valence-corrected chi connectivity index (χ3v) is 2.34. The molecule has 1 aromatic carbocycles. The standard InChI is InChI=1S/C12H18O3/c1-14-11-6-7-12(15-2)10(9-11)5-3-4-8-13/h6-7,9,13H,3-5,8H2,1-2H3. The van der Waals surface area contributed by atoms with Crippen LogP contribution >= 0.6 is 0 Å². The molecule has 0 amide bonds. The van der Waals surface area contributed by atoms with Crippen molar-refractivity contribution in [1.29, 1.82) is 0 Å². The van der Waals surface area contributed by atoms with Gasteiger partial charge in [0.15, 0.2) is 0 Å². The summed E-state index contributed by atoms with van der Waals surface area (Å²) in [7, 11) is 3.32. The summed E-state index contributed by atoms with van der Waals surface area (Å²) in [6, 6.07) is 5.78. The van der Waals surface area contributed by atoms with Gasteiger partial charge >= 0.3 is 0 Å². The Labute approximate surface area is 90.6 Å². The molecule has 15 heavy (non-hydrogen) atoms. The van der Waals surface area contributed by atoms with Crippen molar-refractivity contribution in [2.24, 2.45) is 0 Å². The van der Waals surface area contributed by atoms with Gasteiger partial charge in [-0.3, -0.25) is 0 Å². The molecule has 3 nitrogen and oxygen atoms in total. The summed E-state index contributed by atoms with van der Waals surface area (Å²) >= 11 is 0. The molecule has 0 saturated carbocycles. The van der Waals surface area contributed by atoms with Gasteiger partial charge in [-0.1, -0.05) is 0 Å². The van der Waals surface area contributed by atoms with Crippen LogP contribution in [0.4, 0.5) is 0 Å². The van der Waals surface area contributed by atoms with Crippen LogP contribution in [0.3, 0.4) is 0 Å². The molecule has 84 valence electrons. The molecular weight excluding hydrogens is 192 g/mol. The predicted molar refractivity (Wildman–Crippen MR) is 59.6 cm³/mol. The first-order valence-electron chi connectivity index (χ1n) is 5.13. The van der Waals surface area contributed by atoms with E-state index in [1.165, 1.54) is 0 Å². The zero-order chi connectivity index (χ0) is 11.1. The quantitative estimate of drug-likeness (QED) is 0.730. The molecule has 0 saturated heterocycles. The molecule has 1 N–H and O–H groups in total. The fourth-order valence-electron chi connectivity index (χ4n) is 1.50. The van der Waals surface area contributed by atoms with Gasteiger partial charge in [0.25, 0.3) is 0 Å². The number of ether oxygens (including phenoxy) is 2.